The zero-order valence-corrected chi connectivity index (χ0v) is 12.6. The van der Waals surface area contributed by atoms with E-state index in [9.17, 15) is 9.59 Å². The molecule has 1 aliphatic rings. The zero-order valence-electron chi connectivity index (χ0n) is 12.6. The fraction of sp³-hybridized carbons (Fsp3) is 0.294. The number of hydrogen-bond acceptors (Lipinski definition) is 5. The Bertz CT molecular complexity index is 798. The molecule has 0 amide bonds. The molecule has 1 atom stereocenters. The minimum Gasteiger partial charge on any atom is -0.468 e. The van der Waals surface area contributed by atoms with E-state index in [-0.39, 0.29) is 6.42 Å². The van der Waals surface area contributed by atoms with Crippen LogP contribution in [0.25, 0.3) is 17.0 Å². The molecule has 0 bridgehead atoms. The number of benzene rings is 1. The van der Waals surface area contributed by atoms with Crippen LogP contribution in [-0.4, -0.2) is 26.2 Å². The van der Waals surface area contributed by atoms with Gasteiger partial charge in [0.25, 0.3) is 0 Å². The first kappa shape index (κ1) is 14.4. The summed E-state index contributed by atoms with van der Waals surface area (Å²) in [6, 6.07) is 7.47. The summed E-state index contributed by atoms with van der Waals surface area (Å²) in [5.41, 5.74) is 0.774. The van der Waals surface area contributed by atoms with Gasteiger partial charge in [-0.1, -0.05) is 18.2 Å². The number of carbonyl (C=O) groups is 2. The van der Waals surface area contributed by atoms with E-state index in [4.69, 9.17) is 13.9 Å². The summed E-state index contributed by atoms with van der Waals surface area (Å²) in [6.45, 7) is 1.72. The first-order valence-electron chi connectivity index (χ1n) is 6.90. The van der Waals surface area contributed by atoms with Gasteiger partial charge in [-0.25, -0.2) is 4.79 Å². The molecule has 2 aromatic rings. The Hall–Kier alpha value is -2.56. The highest BCUT2D eigenvalue weighted by Crippen LogP contribution is 2.44. The van der Waals surface area contributed by atoms with E-state index in [0.717, 1.165) is 10.9 Å². The van der Waals surface area contributed by atoms with Gasteiger partial charge in [-0.2, -0.15) is 0 Å². The molecule has 1 aromatic carbocycles. The molecule has 114 valence electrons. The van der Waals surface area contributed by atoms with Gasteiger partial charge in [-0.15, -0.1) is 0 Å². The van der Waals surface area contributed by atoms with Gasteiger partial charge < -0.3 is 13.9 Å². The van der Waals surface area contributed by atoms with Crippen molar-refractivity contribution in [1.82, 2.24) is 0 Å². The monoisotopic (exact) mass is 300 g/mol. The second-order valence-electron chi connectivity index (χ2n) is 5.50. The quantitative estimate of drug-likeness (QED) is 0.798. The van der Waals surface area contributed by atoms with Gasteiger partial charge in [0, 0.05) is 22.9 Å². The summed E-state index contributed by atoms with van der Waals surface area (Å²) in [7, 11) is 2.65. The van der Waals surface area contributed by atoms with Crippen LogP contribution in [0.1, 0.15) is 24.7 Å². The molecule has 0 saturated heterocycles. The number of esters is 2. The maximum absolute atomic E-state index is 12.3. The number of fused-ring (bicyclic) bond motifs is 3. The largest absolute Gasteiger partial charge is 0.468 e. The Morgan fingerprint density at radius 2 is 1.91 bits per heavy atom. The number of rotatable bonds is 2. The van der Waals surface area contributed by atoms with Gasteiger partial charge in [-0.3, -0.25) is 4.79 Å². The molecule has 0 spiro atoms. The SMILES string of the molecule is COC(=O)C1=Cc2c(oc3ccccc23)[C@](C)(C(=O)OC)C1. The Balaban J connectivity index is 2.30. The van der Waals surface area contributed by atoms with Crippen LogP contribution in [0.2, 0.25) is 0 Å². The first-order valence-corrected chi connectivity index (χ1v) is 6.90. The molecule has 1 aliphatic carbocycles. The van der Waals surface area contributed by atoms with E-state index in [1.807, 2.05) is 24.3 Å². The summed E-state index contributed by atoms with van der Waals surface area (Å²) in [6.07, 6.45) is 1.91. The van der Waals surface area contributed by atoms with Crippen molar-refractivity contribution in [3.05, 3.63) is 41.2 Å². The second-order valence-corrected chi connectivity index (χ2v) is 5.50. The molecule has 5 nitrogen and oxygen atoms in total. The molecule has 0 unspecified atom stereocenters. The third-order valence-corrected chi connectivity index (χ3v) is 4.08. The number of carbonyl (C=O) groups excluding carboxylic acids is 2. The van der Waals surface area contributed by atoms with Crippen LogP contribution in [0, 0.1) is 0 Å². The number of ether oxygens (including phenoxy) is 2. The topological polar surface area (TPSA) is 65.7 Å². The summed E-state index contributed by atoms with van der Waals surface area (Å²) in [4.78, 5) is 24.3. The number of hydrogen-bond donors (Lipinski definition) is 0. The lowest BCUT2D eigenvalue weighted by Crippen LogP contribution is -2.37. The van der Waals surface area contributed by atoms with E-state index in [0.29, 0.717) is 16.9 Å². The molecule has 0 N–H and O–H groups in total. The molecule has 1 aromatic heterocycles. The van der Waals surface area contributed by atoms with Gasteiger partial charge in [-0.05, 0) is 19.1 Å². The normalized spacial score (nSPS) is 20.2. The lowest BCUT2D eigenvalue weighted by atomic mass is 9.75. The van der Waals surface area contributed by atoms with Crippen molar-refractivity contribution in [2.75, 3.05) is 14.2 Å². The van der Waals surface area contributed by atoms with Crippen LogP contribution >= 0.6 is 0 Å². The summed E-state index contributed by atoms with van der Waals surface area (Å²) >= 11 is 0. The average molecular weight is 300 g/mol. The Morgan fingerprint density at radius 3 is 2.59 bits per heavy atom. The minimum atomic E-state index is -1.05. The van der Waals surface area contributed by atoms with Crippen LogP contribution in [0.3, 0.4) is 0 Å². The van der Waals surface area contributed by atoms with Crippen LogP contribution in [0.15, 0.2) is 34.3 Å². The van der Waals surface area contributed by atoms with Crippen LogP contribution in [0.4, 0.5) is 0 Å². The summed E-state index contributed by atoms with van der Waals surface area (Å²) in [5.74, 6) is -0.374. The van der Waals surface area contributed by atoms with Crippen LogP contribution < -0.4 is 0 Å². The fourth-order valence-corrected chi connectivity index (χ4v) is 2.96. The van der Waals surface area contributed by atoms with Crippen molar-refractivity contribution in [2.24, 2.45) is 0 Å². The number of methoxy groups -OCH3 is 2. The standard InChI is InChI=1S/C17H16O5/c1-17(16(19)21-3)9-10(15(18)20-2)8-12-11-6-4-5-7-13(11)22-14(12)17/h4-8H,9H2,1-3H3/t17-/m1/s1. The fourth-order valence-electron chi connectivity index (χ4n) is 2.96. The Kier molecular flexibility index (Phi) is 3.28. The second kappa shape index (κ2) is 5.02. The van der Waals surface area contributed by atoms with Crippen LogP contribution in [-0.2, 0) is 24.5 Å². The molecule has 0 fully saturated rings. The van der Waals surface area contributed by atoms with Crippen molar-refractivity contribution < 1.29 is 23.5 Å². The van der Waals surface area contributed by atoms with Gasteiger partial charge in [0.2, 0.25) is 0 Å². The van der Waals surface area contributed by atoms with Gasteiger partial charge in [0.1, 0.15) is 16.8 Å². The Morgan fingerprint density at radius 1 is 1.18 bits per heavy atom. The van der Waals surface area contributed by atoms with Crippen molar-refractivity contribution in [3.8, 4) is 0 Å². The van der Waals surface area contributed by atoms with E-state index < -0.39 is 17.4 Å². The minimum absolute atomic E-state index is 0.180. The highest BCUT2D eigenvalue weighted by molar-refractivity contribution is 6.02. The third kappa shape index (κ3) is 1.93. The van der Waals surface area contributed by atoms with E-state index in [2.05, 4.69) is 0 Å². The van der Waals surface area contributed by atoms with Gasteiger partial charge in [0.05, 0.1) is 14.2 Å². The maximum atomic E-state index is 12.3. The Labute approximate surface area is 127 Å². The molecular weight excluding hydrogens is 284 g/mol. The lowest BCUT2D eigenvalue weighted by molar-refractivity contribution is -0.147. The number of para-hydroxylation sites is 1. The molecular formula is C17H16O5. The van der Waals surface area contributed by atoms with Gasteiger partial charge in [0.15, 0.2) is 0 Å². The molecule has 0 saturated carbocycles. The van der Waals surface area contributed by atoms with Crippen LogP contribution in [0.5, 0.6) is 0 Å². The van der Waals surface area contributed by atoms with E-state index in [1.165, 1.54) is 14.2 Å². The van der Waals surface area contributed by atoms with E-state index in [1.54, 1.807) is 13.0 Å². The highest BCUT2D eigenvalue weighted by atomic mass is 16.5. The summed E-state index contributed by atoms with van der Waals surface area (Å²) in [5, 5.41) is 0.855. The van der Waals surface area contributed by atoms with Crippen molar-refractivity contribution >= 4 is 29.0 Å². The van der Waals surface area contributed by atoms with Crippen molar-refractivity contribution in [1.29, 1.82) is 0 Å². The predicted molar refractivity (Wildman–Crippen MR) is 80.2 cm³/mol. The van der Waals surface area contributed by atoms with Crippen molar-refractivity contribution in [3.63, 3.8) is 0 Å². The highest BCUT2D eigenvalue weighted by Gasteiger charge is 2.46. The number of furan rings is 1. The van der Waals surface area contributed by atoms with Gasteiger partial charge >= 0.3 is 11.9 Å². The first-order chi connectivity index (χ1) is 10.5. The zero-order chi connectivity index (χ0) is 15.9. The molecule has 1 heterocycles. The van der Waals surface area contributed by atoms with Crippen molar-refractivity contribution in [2.45, 2.75) is 18.8 Å². The summed E-state index contributed by atoms with van der Waals surface area (Å²) < 4.78 is 15.6. The molecule has 3 rings (SSSR count). The molecule has 0 radical (unpaired) electrons. The van der Waals surface area contributed by atoms with E-state index >= 15 is 0 Å². The molecule has 22 heavy (non-hydrogen) atoms. The predicted octanol–water partition coefficient (Wildman–Crippen LogP) is 2.82. The maximum Gasteiger partial charge on any atom is 0.333 e. The lowest BCUT2D eigenvalue weighted by Gasteiger charge is -2.28. The average Bonchev–Trinajstić information content (AvgIpc) is 2.93. The smallest absolute Gasteiger partial charge is 0.333 e. The molecule has 5 heteroatoms. The third-order valence-electron chi connectivity index (χ3n) is 4.08. The molecule has 0 aliphatic heterocycles.